The van der Waals surface area contributed by atoms with Gasteiger partial charge in [0.25, 0.3) is 0 Å². The normalized spacial score (nSPS) is 12.5. The quantitative estimate of drug-likeness (QED) is 0.672. The van der Waals surface area contributed by atoms with Crippen molar-refractivity contribution in [1.29, 1.82) is 0 Å². The maximum atomic E-state index is 5.90. The lowest BCUT2D eigenvalue weighted by Gasteiger charge is -2.35. The molecule has 0 aliphatic rings. The van der Waals surface area contributed by atoms with Gasteiger partial charge in [-0.05, 0) is 69.7 Å². The van der Waals surface area contributed by atoms with Crippen LogP contribution in [0.4, 0.5) is 0 Å². The molecule has 0 aromatic heterocycles. The molecule has 1 aromatic carbocycles. The van der Waals surface area contributed by atoms with Crippen molar-refractivity contribution in [1.82, 2.24) is 5.32 Å². The van der Waals surface area contributed by atoms with E-state index in [0.29, 0.717) is 5.41 Å². The number of rotatable bonds is 8. The van der Waals surface area contributed by atoms with Gasteiger partial charge in [0.2, 0.25) is 0 Å². The summed E-state index contributed by atoms with van der Waals surface area (Å²) in [5.74, 6) is 0.947. The summed E-state index contributed by atoms with van der Waals surface area (Å²) in [6.07, 6.45) is 3.44. The highest BCUT2D eigenvalue weighted by Crippen LogP contribution is 2.31. The fourth-order valence-corrected chi connectivity index (χ4v) is 2.58. The van der Waals surface area contributed by atoms with Gasteiger partial charge in [-0.3, -0.25) is 0 Å². The zero-order chi connectivity index (χ0) is 15.9. The van der Waals surface area contributed by atoms with Gasteiger partial charge in [-0.15, -0.1) is 0 Å². The predicted octanol–water partition coefficient (Wildman–Crippen LogP) is 5.41. The van der Waals surface area contributed by atoms with E-state index >= 15 is 0 Å². The average Bonchev–Trinajstić information content (AvgIpc) is 2.44. The van der Waals surface area contributed by atoms with Gasteiger partial charge in [-0.2, -0.15) is 0 Å². The molecule has 120 valence electrons. The van der Waals surface area contributed by atoms with Gasteiger partial charge in [0.05, 0.1) is 6.61 Å². The van der Waals surface area contributed by atoms with Crippen molar-refractivity contribution in [2.24, 2.45) is 5.41 Å². The predicted molar refractivity (Wildman–Crippen MR) is 95.0 cm³/mol. The van der Waals surface area contributed by atoms with Gasteiger partial charge >= 0.3 is 0 Å². The molecule has 0 unspecified atom stereocenters. The summed E-state index contributed by atoms with van der Waals surface area (Å²) < 4.78 is 6.99. The number of benzene rings is 1. The summed E-state index contributed by atoms with van der Waals surface area (Å²) >= 11 is 3.44. The third-order valence-corrected chi connectivity index (χ3v) is 4.74. The molecule has 0 aliphatic carbocycles. The van der Waals surface area contributed by atoms with E-state index < -0.39 is 0 Å². The van der Waals surface area contributed by atoms with Crippen molar-refractivity contribution < 1.29 is 4.74 Å². The lowest BCUT2D eigenvalue weighted by molar-refractivity contribution is 0.162. The molecule has 0 saturated heterocycles. The Balaban J connectivity index is 2.51. The molecule has 0 radical (unpaired) electrons. The highest BCUT2D eigenvalue weighted by molar-refractivity contribution is 9.10. The average molecular weight is 356 g/mol. The largest absolute Gasteiger partial charge is 0.494 e. The topological polar surface area (TPSA) is 21.3 Å². The standard InChI is InChI=1S/C18H30BrNO/c1-6-18(7-2,14-20-17(3,4)5)12-13-21-16-10-8-15(19)9-11-16/h8-11,20H,6-7,12-14H2,1-5H3. The van der Waals surface area contributed by atoms with E-state index in [2.05, 4.69) is 55.9 Å². The van der Waals surface area contributed by atoms with Crippen molar-refractivity contribution in [2.45, 2.75) is 59.4 Å². The molecule has 1 N–H and O–H groups in total. The maximum Gasteiger partial charge on any atom is 0.119 e. The second kappa shape index (κ2) is 8.19. The van der Waals surface area contributed by atoms with Crippen molar-refractivity contribution in [3.8, 4) is 5.75 Å². The number of hydrogen-bond donors (Lipinski definition) is 1. The highest BCUT2D eigenvalue weighted by Gasteiger charge is 2.27. The van der Waals surface area contributed by atoms with Crippen molar-refractivity contribution in [3.05, 3.63) is 28.7 Å². The first-order valence-corrected chi connectivity index (χ1v) is 8.73. The summed E-state index contributed by atoms with van der Waals surface area (Å²) in [6.45, 7) is 13.1. The Morgan fingerprint density at radius 1 is 1.05 bits per heavy atom. The van der Waals surface area contributed by atoms with Crippen LogP contribution in [0, 0.1) is 5.41 Å². The molecule has 1 aromatic rings. The van der Waals surface area contributed by atoms with Gasteiger partial charge in [-0.25, -0.2) is 0 Å². The Hall–Kier alpha value is -0.540. The van der Waals surface area contributed by atoms with E-state index in [-0.39, 0.29) is 5.54 Å². The SMILES string of the molecule is CCC(CC)(CCOc1ccc(Br)cc1)CNC(C)(C)C. The summed E-state index contributed by atoms with van der Waals surface area (Å²) in [6, 6.07) is 8.06. The van der Waals surface area contributed by atoms with Gasteiger partial charge < -0.3 is 10.1 Å². The van der Waals surface area contributed by atoms with Crippen LogP contribution in [0.25, 0.3) is 0 Å². The molecular weight excluding hydrogens is 326 g/mol. The monoisotopic (exact) mass is 355 g/mol. The van der Waals surface area contributed by atoms with E-state index in [1.807, 2.05) is 24.3 Å². The molecule has 0 fully saturated rings. The second-order valence-electron chi connectivity index (χ2n) is 6.86. The minimum Gasteiger partial charge on any atom is -0.494 e. The van der Waals surface area contributed by atoms with Gasteiger partial charge in [-0.1, -0.05) is 29.8 Å². The number of halogens is 1. The van der Waals surface area contributed by atoms with Crippen LogP contribution in [-0.4, -0.2) is 18.7 Å². The molecule has 0 spiro atoms. The molecule has 0 saturated carbocycles. The molecule has 0 heterocycles. The number of ether oxygens (including phenoxy) is 1. The lowest BCUT2D eigenvalue weighted by Crippen LogP contribution is -2.44. The van der Waals surface area contributed by atoms with Crippen LogP contribution in [0.3, 0.4) is 0 Å². The molecule has 3 heteroatoms. The van der Waals surface area contributed by atoms with Crippen LogP contribution in [-0.2, 0) is 0 Å². The molecular formula is C18H30BrNO. The van der Waals surface area contributed by atoms with E-state index in [1.54, 1.807) is 0 Å². The van der Waals surface area contributed by atoms with Gasteiger partial charge in [0.15, 0.2) is 0 Å². The first-order valence-electron chi connectivity index (χ1n) is 7.94. The lowest BCUT2D eigenvalue weighted by atomic mass is 9.79. The Labute approximate surface area is 138 Å². The molecule has 0 amide bonds. The van der Waals surface area contributed by atoms with Crippen molar-refractivity contribution >= 4 is 15.9 Å². The molecule has 1 rings (SSSR count). The molecule has 2 nitrogen and oxygen atoms in total. The van der Waals surface area contributed by atoms with Gasteiger partial charge in [0, 0.05) is 16.6 Å². The third-order valence-electron chi connectivity index (χ3n) is 4.21. The fraction of sp³-hybridized carbons (Fsp3) is 0.667. The maximum absolute atomic E-state index is 5.90. The van der Waals surface area contributed by atoms with Crippen molar-refractivity contribution in [2.75, 3.05) is 13.2 Å². The second-order valence-corrected chi connectivity index (χ2v) is 7.78. The first kappa shape index (κ1) is 18.5. The van der Waals surface area contributed by atoms with Crippen LogP contribution >= 0.6 is 15.9 Å². The Morgan fingerprint density at radius 3 is 2.10 bits per heavy atom. The zero-order valence-corrected chi connectivity index (χ0v) is 15.7. The molecule has 0 atom stereocenters. The summed E-state index contributed by atoms with van der Waals surface area (Å²) in [5, 5.41) is 3.66. The Bertz CT molecular complexity index is 404. The van der Waals surface area contributed by atoms with Gasteiger partial charge in [0.1, 0.15) is 5.75 Å². The van der Waals surface area contributed by atoms with Crippen LogP contribution in [0.2, 0.25) is 0 Å². The summed E-state index contributed by atoms with van der Waals surface area (Å²) in [5.41, 5.74) is 0.491. The fourth-order valence-electron chi connectivity index (χ4n) is 2.31. The molecule has 21 heavy (non-hydrogen) atoms. The Morgan fingerprint density at radius 2 is 1.62 bits per heavy atom. The van der Waals surface area contributed by atoms with Crippen LogP contribution < -0.4 is 10.1 Å². The highest BCUT2D eigenvalue weighted by atomic mass is 79.9. The first-order chi connectivity index (χ1) is 9.80. The third kappa shape index (κ3) is 6.84. The summed E-state index contributed by atoms with van der Waals surface area (Å²) in [7, 11) is 0. The Kier molecular flexibility index (Phi) is 7.22. The van der Waals surface area contributed by atoms with Crippen LogP contribution in [0.15, 0.2) is 28.7 Å². The number of nitrogens with one attached hydrogen (secondary N) is 1. The smallest absolute Gasteiger partial charge is 0.119 e. The van der Waals surface area contributed by atoms with E-state index in [1.165, 1.54) is 12.8 Å². The number of hydrogen-bond acceptors (Lipinski definition) is 2. The minimum atomic E-state index is 0.169. The minimum absolute atomic E-state index is 0.169. The van der Waals surface area contributed by atoms with Crippen LogP contribution in [0.5, 0.6) is 5.75 Å². The summed E-state index contributed by atoms with van der Waals surface area (Å²) in [4.78, 5) is 0. The molecule has 0 bridgehead atoms. The van der Waals surface area contributed by atoms with E-state index in [9.17, 15) is 0 Å². The van der Waals surface area contributed by atoms with Crippen molar-refractivity contribution in [3.63, 3.8) is 0 Å². The zero-order valence-electron chi connectivity index (χ0n) is 14.1. The molecule has 0 aliphatic heterocycles. The van der Waals surface area contributed by atoms with E-state index in [0.717, 1.165) is 29.8 Å². The van der Waals surface area contributed by atoms with Crippen LogP contribution in [0.1, 0.15) is 53.9 Å². The van der Waals surface area contributed by atoms with E-state index in [4.69, 9.17) is 4.74 Å².